The smallest absolute Gasteiger partial charge is 0.325 e. The van der Waals surface area contributed by atoms with Crippen molar-refractivity contribution in [2.75, 3.05) is 19.0 Å². The third-order valence-electron chi connectivity index (χ3n) is 2.06. The predicted molar refractivity (Wildman–Crippen MR) is 66.9 cm³/mol. The molecule has 104 valence electrons. The quantitative estimate of drug-likeness (QED) is 0.651. The van der Waals surface area contributed by atoms with E-state index in [0.29, 0.717) is 5.69 Å². The number of ether oxygens (including phenoxy) is 1. The molecular weight excluding hydrogens is 274 g/mol. The zero-order valence-electron chi connectivity index (χ0n) is 10.0. The van der Waals surface area contributed by atoms with Crippen LogP contribution in [0, 0.1) is 0 Å². The number of sulfonamides is 1. The third kappa shape index (κ3) is 4.94. The van der Waals surface area contributed by atoms with Gasteiger partial charge in [-0.3, -0.25) is 4.79 Å². The van der Waals surface area contributed by atoms with Gasteiger partial charge in [0, 0.05) is 5.69 Å². The van der Waals surface area contributed by atoms with E-state index in [9.17, 15) is 18.0 Å². The Hall–Kier alpha value is -2.13. The van der Waals surface area contributed by atoms with Gasteiger partial charge in [0.25, 0.3) is 0 Å². The molecule has 0 aromatic heterocycles. The van der Waals surface area contributed by atoms with Crippen molar-refractivity contribution >= 4 is 27.7 Å². The van der Waals surface area contributed by atoms with Crippen LogP contribution < -0.4 is 15.8 Å². The van der Waals surface area contributed by atoms with Gasteiger partial charge in [-0.05, 0) is 24.3 Å². The van der Waals surface area contributed by atoms with Crippen LogP contribution >= 0.6 is 0 Å². The number of rotatable bonds is 4. The monoisotopic (exact) mass is 287 g/mol. The predicted octanol–water partition coefficient (Wildman–Crippen LogP) is -0.371. The zero-order valence-corrected chi connectivity index (χ0v) is 10.9. The Balaban J connectivity index is 2.59. The molecule has 2 amide bonds. The minimum atomic E-state index is -3.76. The highest BCUT2D eigenvalue weighted by atomic mass is 32.2. The first-order valence-corrected chi connectivity index (χ1v) is 6.62. The highest BCUT2D eigenvalue weighted by Crippen LogP contribution is 2.12. The number of urea groups is 1. The number of primary sulfonamides is 1. The Labute approximate surface area is 110 Å². The molecule has 0 saturated heterocycles. The number of nitrogens with two attached hydrogens (primary N) is 1. The summed E-state index contributed by atoms with van der Waals surface area (Å²) in [7, 11) is -2.56. The van der Waals surface area contributed by atoms with Crippen LogP contribution in [0.2, 0.25) is 0 Å². The van der Waals surface area contributed by atoms with Crippen molar-refractivity contribution in [3.63, 3.8) is 0 Å². The van der Waals surface area contributed by atoms with E-state index in [-0.39, 0.29) is 11.4 Å². The van der Waals surface area contributed by atoms with Crippen molar-refractivity contribution in [1.29, 1.82) is 0 Å². The molecule has 0 aliphatic carbocycles. The Bertz CT molecular complexity index is 567. The lowest BCUT2D eigenvalue weighted by Gasteiger charge is -2.07. The lowest BCUT2D eigenvalue weighted by molar-refractivity contribution is -0.139. The summed E-state index contributed by atoms with van der Waals surface area (Å²) < 4.78 is 26.3. The normalized spacial score (nSPS) is 10.6. The zero-order chi connectivity index (χ0) is 14.5. The molecule has 4 N–H and O–H groups in total. The second-order valence-electron chi connectivity index (χ2n) is 3.45. The molecule has 0 aliphatic heterocycles. The molecule has 0 unspecified atom stereocenters. The van der Waals surface area contributed by atoms with Gasteiger partial charge in [-0.25, -0.2) is 18.4 Å². The average Bonchev–Trinajstić information content (AvgIpc) is 2.35. The number of methoxy groups -OCH3 is 1. The molecule has 0 bridgehead atoms. The van der Waals surface area contributed by atoms with Gasteiger partial charge in [0.2, 0.25) is 10.0 Å². The number of esters is 1. The summed E-state index contributed by atoms with van der Waals surface area (Å²) >= 11 is 0. The van der Waals surface area contributed by atoms with E-state index in [2.05, 4.69) is 15.4 Å². The molecule has 0 atom stereocenters. The van der Waals surface area contributed by atoms with Crippen LogP contribution in [-0.4, -0.2) is 34.1 Å². The van der Waals surface area contributed by atoms with Crippen molar-refractivity contribution in [2.24, 2.45) is 5.14 Å². The number of carbonyl (C=O) groups excluding carboxylic acids is 2. The first kappa shape index (κ1) is 14.9. The summed E-state index contributed by atoms with van der Waals surface area (Å²) in [6.07, 6.45) is 0. The molecule has 1 aromatic rings. The molecule has 8 nitrogen and oxygen atoms in total. The van der Waals surface area contributed by atoms with E-state index in [0.717, 1.165) is 0 Å². The van der Waals surface area contributed by atoms with E-state index in [4.69, 9.17) is 5.14 Å². The molecule has 19 heavy (non-hydrogen) atoms. The molecule has 0 fully saturated rings. The molecule has 0 spiro atoms. The van der Waals surface area contributed by atoms with Gasteiger partial charge in [-0.1, -0.05) is 0 Å². The minimum absolute atomic E-state index is 0.0620. The van der Waals surface area contributed by atoms with Gasteiger partial charge in [0.1, 0.15) is 6.54 Å². The van der Waals surface area contributed by atoms with Crippen LogP contribution in [0.25, 0.3) is 0 Å². The fourth-order valence-corrected chi connectivity index (χ4v) is 1.64. The minimum Gasteiger partial charge on any atom is -0.468 e. The van der Waals surface area contributed by atoms with E-state index >= 15 is 0 Å². The van der Waals surface area contributed by atoms with E-state index in [1.807, 2.05) is 0 Å². The highest BCUT2D eigenvalue weighted by molar-refractivity contribution is 7.89. The maximum absolute atomic E-state index is 11.3. The molecule has 0 heterocycles. The largest absolute Gasteiger partial charge is 0.468 e. The Kier molecular flexibility index (Phi) is 4.84. The number of amides is 2. The fourth-order valence-electron chi connectivity index (χ4n) is 1.13. The molecule has 0 aliphatic rings. The molecular formula is C10H13N3O5S. The molecule has 9 heteroatoms. The summed E-state index contributed by atoms with van der Waals surface area (Å²) in [4.78, 5) is 22.1. The summed E-state index contributed by atoms with van der Waals surface area (Å²) in [5.41, 5.74) is 0.356. The molecule has 1 rings (SSSR count). The third-order valence-corrected chi connectivity index (χ3v) is 2.99. The van der Waals surface area contributed by atoms with Crippen molar-refractivity contribution in [1.82, 2.24) is 5.32 Å². The Morgan fingerprint density at radius 2 is 1.84 bits per heavy atom. The lowest BCUT2D eigenvalue weighted by atomic mass is 10.3. The van der Waals surface area contributed by atoms with Gasteiger partial charge in [0.15, 0.2) is 0 Å². The summed E-state index contributed by atoms with van der Waals surface area (Å²) in [5.74, 6) is -0.584. The maximum Gasteiger partial charge on any atom is 0.325 e. The SMILES string of the molecule is COC(=O)CNC(=O)Nc1ccc(S(N)(=O)=O)cc1. The van der Waals surface area contributed by atoms with Gasteiger partial charge in [-0.2, -0.15) is 0 Å². The van der Waals surface area contributed by atoms with Crippen LogP contribution in [0.4, 0.5) is 10.5 Å². The maximum atomic E-state index is 11.3. The number of hydrogen-bond donors (Lipinski definition) is 3. The van der Waals surface area contributed by atoms with E-state index in [1.54, 1.807) is 0 Å². The second kappa shape index (κ2) is 6.16. The van der Waals surface area contributed by atoms with Crippen molar-refractivity contribution < 1.29 is 22.7 Å². The number of carbonyl (C=O) groups is 2. The Morgan fingerprint density at radius 1 is 1.26 bits per heavy atom. The highest BCUT2D eigenvalue weighted by Gasteiger charge is 2.08. The van der Waals surface area contributed by atoms with Crippen molar-refractivity contribution in [3.8, 4) is 0 Å². The average molecular weight is 287 g/mol. The molecule has 0 saturated carbocycles. The summed E-state index contributed by atoms with van der Waals surface area (Å²) in [6, 6.07) is 4.64. The fraction of sp³-hybridized carbons (Fsp3) is 0.200. The summed E-state index contributed by atoms with van der Waals surface area (Å²) in [5, 5.41) is 9.59. The van der Waals surface area contributed by atoms with Gasteiger partial charge >= 0.3 is 12.0 Å². The van der Waals surface area contributed by atoms with Crippen LogP contribution in [0.15, 0.2) is 29.2 Å². The van der Waals surface area contributed by atoms with Crippen LogP contribution in [0.5, 0.6) is 0 Å². The van der Waals surface area contributed by atoms with Crippen LogP contribution in [0.3, 0.4) is 0 Å². The second-order valence-corrected chi connectivity index (χ2v) is 5.01. The number of benzene rings is 1. The van der Waals surface area contributed by atoms with Gasteiger partial charge in [-0.15, -0.1) is 0 Å². The number of nitrogens with one attached hydrogen (secondary N) is 2. The number of anilines is 1. The van der Waals surface area contributed by atoms with E-state index in [1.165, 1.54) is 31.4 Å². The molecule has 0 radical (unpaired) electrons. The first-order valence-electron chi connectivity index (χ1n) is 5.07. The van der Waals surface area contributed by atoms with E-state index < -0.39 is 22.0 Å². The van der Waals surface area contributed by atoms with Crippen LogP contribution in [-0.2, 0) is 19.6 Å². The summed E-state index contributed by atoms with van der Waals surface area (Å²) in [6.45, 7) is -0.266. The lowest BCUT2D eigenvalue weighted by Crippen LogP contribution is -2.33. The van der Waals surface area contributed by atoms with Gasteiger partial charge in [0.05, 0.1) is 12.0 Å². The standard InChI is InChI=1S/C10H13N3O5S/c1-18-9(14)6-12-10(15)13-7-2-4-8(5-3-7)19(11,16)17/h2-5H,6H2,1H3,(H2,11,16,17)(H2,12,13,15). The number of hydrogen-bond acceptors (Lipinski definition) is 5. The first-order chi connectivity index (χ1) is 8.82. The Morgan fingerprint density at radius 3 is 2.32 bits per heavy atom. The van der Waals surface area contributed by atoms with Crippen molar-refractivity contribution in [2.45, 2.75) is 4.90 Å². The van der Waals surface area contributed by atoms with Gasteiger partial charge < -0.3 is 15.4 Å². The van der Waals surface area contributed by atoms with Crippen LogP contribution in [0.1, 0.15) is 0 Å². The molecule has 1 aromatic carbocycles. The topological polar surface area (TPSA) is 128 Å². The van der Waals surface area contributed by atoms with Crippen molar-refractivity contribution in [3.05, 3.63) is 24.3 Å².